The number of halogens is 1. The molecule has 7 nitrogen and oxygen atoms in total. The van der Waals surface area contributed by atoms with Gasteiger partial charge in [0.25, 0.3) is 11.5 Å². The lowest BCUT2D eigenvalue weighted by Crippen LogP contribution is -2.25. The van der Waals surface area contributed by atoms with Crippen molar-refractivity contribution in [2.24, 2.45) is 12.0 Å². The van der Waals surface area contributed by atoms with Gasteiger partial charge in [-0.15, -0.1) is 11.3 Å². The first-order chi connectivity index (χ1) is 16.9. The minimum Gasteiger partial charge on any atom is -0.453 e. The highest BCUT2D eigenvalue weighted by Gasteiger charge is 2.23. The molecule has 0 radical (unpaired) electrons. The van der Waals surface area contributed by atoms with Crippen molar-refractivity contribution < 1.29 is 13.9 Å². The second-order valence-corrected chi connectivity index (χ2v) is 8.80. The molecule has 1 aliphatic heterocycles. The number of rotatable bonds is 5. The van der Waals surface area contributed by atoms with Gasteiger partial charge in [-0.3, -0.25) is 19.3 Å². The van der Waals surface area contributed by atoms with Gasteiger partial charge in [0.15, 0.2) is 11.6 Å². The summed E-state index contributed by atoms with van der Waals surface area (Å²) in [7, 11) is 1.71. The minimum absolute atomic E-state index is 0.00840. The number of benzene rings is 2. The molecule has 1 aliphatic rings. The number of para-hydroxylation sites is 1. The fourth-order valence-corrected chi connectivity index (χ4v) is 4.70. The Labute approximate surface area is 204 Å². The Bertz CT molecular complexity index is 1550. The zero-order valence-corrected chi connectivity index (χ0v) is 19.8. The van der Waals surface area contributed by atoms with Crippen molar-refractivity contribution in [2.45, 2.75) is 13.3 Å². The van der Waals surface area contributed by atoms with Crippen LogP contribution in [0.1, 0.15) is 27.3 Å². The number of hydrogen-bond donors (Lipinski definition) is 1. The highest BCUT2D eigenvalue weighted by Crippen LogP contribution is 2.36. The lowest BCUT2D eigenvalue weighted by atomic mass is 10.2. The first-order valence-electron chi connectivity index (χ1n) is 10.9. The summed E-state index contributed by atoms with van der Waals surface area (Å²) in [6.45, 7) is 1.69. The Morgan fingerprint density at radius 3 is 2.74 bits per heavy atom. The normalized spacial score (nSPS) is 12.6. The van der Waals surface area contributed by atoms with E-state index in [1.54, 1.807) is 37.0 Å². The van der Waals surface area contributed by atoms with Crippen LogP contribution < -0.4 is 15.6 Å². The number of amides is 1. The van der Waals surface area contributed by atoms with Crippen LogP contribution in [0.3, 0.4) is 0 Å². The highest BCUT2D eigenvalue weighted by atomic mass is 32.1. The van der Waals surface area contributed by atoms with Crippen molar-refractivity contribution in [1.29, 1.82) is 0 Å². The van der Waals surface area contributed by atoms with Crippen molar-refractivity contribution in [3.8, 4) is 11.4 Å². The Morgan fingerprint density at radius 1 is 1.17 bits per heavy atom. The number of fused-ring (bicyclic) bond motifs is 1. The summed E-state index contributed by atoms with van der Waals surface area (Å²) in [6, 6.07) is 15.1. The molecule has 3 heterocycles. The average molecular weight is 489 g/mol. The van der Waals surface area contributed by atoms with Gasteiger partial charge in [0, 0.05) is 31.4 Å². The average Bonchev–Trinajstić information content (AvgIpc) is 3.33. The lowest BCUT2D eigenvalue weighted by Gasteiger charge is -2.11. The van der Waals surface area contributed by atoms with Crippen molar-refractivity contribution in [3.63, 3.8) is 0 Å². The quantitative estimate of drug-likeness (QED) is 0.405. The summed E-state index contributed by atoms with van der Waals surface area (Å²) in [5, 5.41) is 4.53. The fraction of sp³-hybridized carbons (Fsp3) is 0.115. The third-order valence-electron chi connectivity index (χ3n) is 5.70. The van der Waals surface area contributed by atoms with Crippen molar-refractivity contribution >= 4 is 40.6 Å². The number of anilines is 1. The monoisotopic (exact) mass is 488 g/mol. The highest BCUT2D eigenvalue weighted by molar-refractivity contribution is 7.11. The maximum atomic E-state index is 14.9. The maximum absolute atomic E-state index is 14.9. The maximum Gasteiger partial charge on any atom is 0.284 e. The fourth-order valence-electron chi connectivity index (χ4n) is 3.88. The molecule has 0 spiro atoms. The number of allylic oxidation sites excluding steroid dienone is 1. The Balaban J connectivity index is 1.38. The van der Waals surface area contributed by atoms with Crippen LogP contribution in [0.2, 0.25) is 0 Å². The SMILES string of the molecule is Cc1c(C(=O)Nc2ccc(OC3=CCC=Nc4ccsc43)c(F)c2)c(=O)n(-c2ccccc2)n1C. The molecule has 5 rings (SSSR count). The van der Waals surface area contributed by atoms with Crippen LogP contribution in [0.4, 0.5) is 15.8 Å². The predicted octanol–water partition coefficient (Wildman–Crippen LogP) is 5.46. The minimum atomic E-state index is -0.640. The summed E-state index contributed by atoms with van der Waals surface area (Å²) in [5.74, 6) is -0.696. The molecule has 0 saturated carbocycles. The van der Waals surface area contributed by atoms with Crippen LogP contribution in [0, 0.1) is 12.7 Å². The van der Waals surface area contributed by atoms with Crippen LogP contribution in [0.15, 0.2) is 75.8 Å². The summed E-state index contributed by atoms with van der Waals surface area (Å²) in [6.07, 6.45) is 4.19. The van der Waals surface area contributed by atoms with Gasteiger partial charge >= 0.3 is 0 Å². The van der Waals surface area contributed by atoms with Crippen molar-refractivity contribution in [1.82, 2.24) is 9.36 Å². The summed E-state index contributed by atoms with van der Waals surface area (Å²) in [4.78, 5) is 31.2. The van der Waals surface area contributed by atoms with E-state index in [1.807, 2.05) is 35.7 Å². The molecule has 1 amide bonds. The van der Waals surface area contributed by atoms with Crippen LogP contribution in [0.5, 0.6) is 5.75 Å². The number of thiophene rings is 1. The van der Waals surface area contributed by atoms with Crippen LogP contribution in [-0.2, 0) is 7.05 Å². The first kappa shape index (κ1) is 22.5. The molecule has 2 aromatic heterocycles. The van der Waals surface area contributed by atoms with Gasteiger partial charge in [-0.2, -0.15) is 0 Å². The topological polar surface area (TPSA) is 77.6 Å². The molecule has 0 atom stereocenters. The molecule has 0 fully saturated rings. The summed E-state index contributed by atoms with van der Waals surface area (Å²) in [5.41, 5.74) is 1.66. The van der Waals surface area contributed by atoms with Gasteiger partial charge in [-0.1, -0.05) is 18.2 Å². The van der Waals surface area contributed by atoms with Crippen molar-refractivity contribution in [3.05, 3.63) is 98.4 Å². The van der Waals surface area contributed by atoms with E-state index in [0.29, 0.717) is 23.6 Å². The predicted molar refractivity (Wildman–Crippen MR) is 136 cm³/mol. The summed E-state index contributed by atoms with van der Waals surface area (Å²) >= 11 is 1.47. The number of hydrogen-bond acceptors (Lipinski definition) is 5. The molecular weight excluding hydrogens is 467 g/mol. The lowest BCUT2D eigenvalue weighted by molar-refractivity contribution is 0.102. The second-order valence-electron chi connectivity index (χ2n) is 7.89. The molecule has 9 heteroatoms. The molecule has 0 aliphatic carbocycles. The first-order valence-corrected chi connectivity index (χ1v) is 11.8. The molecule has 1 N–H and O–H groups in total. The molecule has 176 valence electrons. The molecule has 2 aromatic carbocycles. The molecule has 0 bridgehead atoms. The van der Waals surface area contributed by atoms with Crippen LogP contribution in [0.25, 0.3) is 11.4 Å². The van der Waals surface area contributed by atoms with E-state index in [0.717, 1.165) is 10.6 Å². The van der Waals surface area contributed by atoms with E-state index in [9.17, 15) is 14.0 Å². The third-order valence-corrected chi connectivity index (χ3v) is 6.62. The van der Waals surface area contributed by atoms with E-state index < -0.39 is 17.3 Å². The number of aromatic nitrogens is 2. The molecular formula is C26H21FN4O3S. The standard InChI is InChI=1S/C26H21FN4O3S/c1-16-23(26(33)31(30(16)2)18-7-4-3-5-8-18)25(32)29-17-10-11-21(19(27)15-17)34-22-9-6-13-28-20-12-14-35-24(20)22/h3-5,7-15H,6H2,1-2H3,(H,29,32). The number of nitrogens with zero attached hydrogens (tertiary/aromatic N) is 3. The number of carbonyl (C=O) groups excluding carboxylic acids is 1. The van der Waals surface area contributed by atoms with Crippen LogP contribution >= 0.6 is 11.3 Å². The van der Waals surface area contributed by atoms with Gasteiger partial charge in [0.2, 0.25) is 0 Å². The van der Waals surface area contributed by atoms with Gasteiger partial charge in [0.05, 0.1) is 21.9 Å². The van der Waals surface area contributed by atoms with Gasteiger partial charge in [-0.25, -0.2) is 9.07 Å². The van der Waals surface area contributed by atoms with E-state index in [-0.39, 0.29) is 17.0 Å². The number of carbonyl (C=O) groups is 1. The van der Waals surface area contributed by atoms with Gasteiger partial charge in [-0.05, 0) is 48.7 Å². The Morgan fingerprint density at radius 2 is 1.97 bits per heavy atom. The molecule has 4 aromatic rings. The van der Waals surface area contributed by atoms with E-state index in [1.165, 1.54) is 34.2 Å². The number of aliphatic imine (C=N–C) groups is 1. The number of ether oxygens (including phenoxy) is 1. The van der Waals surface area contributed by atoms with Crippen LogP contribution in [-0.4, -0.2) is 21.5 Å². The van der Waals surface area contributed by atoms with Gasteiger partial charge in [0.1, 0.15) is 11.3 Å². The van der Waals surface area contributed by atoms with E-state index in [4.69, 9.17) is 4.74 Å². The smallest absolute Gasteiger partial charge is 0.284 e. The zero-order chi connectivity index (χ0) is 24.5. The van der Waals surface area contributed by atoms with Gasteiger partial charge < -0.3 is 10.1 Å². The third kappa shape index (κ3) is 4.22. The molecule has 35 heavy (non-hydrogen) atoms. The molecule has 0 saturated heterocycles. The molecule has 0 unspecified atom stereocenters. The van der Waals surface area contributed by atoms with E-state index >= 15 is 0 Å². The van der Waals surface area contributed by atoms with Crippen molar-refractivity contribution in [2.75, 3.05) is 5.32 Å². The largest absolute Gasteiger partial charge is 0.453 e. The Kier molecular flexibility index (Phi) is 5.92. The number of nitrogens with one attached hydrogen (secondary N) is 1. The Hall–Kier alpha value is -4.24. The second kappa shape index (κ2) is 9.19. The van der Waals surface area contributed by atoms with E-state index in [2.05, 4.69) is 10.3 Å². The summed E-state index contributed by atoms with van der Waals surface area (Å²) < 4.78 is 23.8. The zero-order valence-electron chi connectivity index (χ0n) is 19.0.